The lowest BCUT2D eigenvalue weighted by Gasteiger charge is -2.21. The zero-order valence-corrected chi connectivity index (χ0v) is 18.7. The Morgan fingerprint density at radius 2 is 1.77 bits per heavy atom. The summed E-state index contributed by atoms with van der Waals surface area (Å²) in [5, 5.41) is 14.4. The first-order chi connectivity index (χ1) is 14.3. The van der Waals surface area contributed by atoms with E-state index in [1.165, 1.54) is 11.6 Å². The molecule has 6 heteroatoms. The van der Waals surface area contributed by atoms with Crippen LogP contribution in [0.2, 0.25) is 0 Å². The Balaban J connectivity index is 1.68. The third-order valence-corrected chi connectivity index (χ3v) is 5.68. The van der Waals surface area contributed by atoms with Crippen LogP contribution in [0.15, 0.2) is 70.1 Å². The first kappa shape index (κ1) is 20.3. The average molecular weight is 463 g/mol. The Kier molecular flexibility index (Phi) is 5.43. The number of pyridine rings is 1. The van der Waals surface area contributed by atoms with Gasteiger partial charge in [-0.2, -0.15) is 5.10 Å². The van der Waals surface area contributed by atoms with Gasteiger partial charge in [-0.15, -0.1) is 5.10 Å². The van der Waals surface area contributed by atoms with Crippen molar-refractivity contribution >= 4 is 38.2 Å². The molecule has 0 saturated carbocycles. The molecule has 5 nitrogen and oxygen atoms in total. The standard InChI is InChI=1S/C24H23BrN4O/c1-24(2,3)19-10-9-16(13-20(19)25)27-23-18-7-5-4-6-17(18)21(28-29-23)12-15-8-11-22(30)26-14-15/h4-11,13-14H,12H2,1-3H3,(H,26,30)(H,27,29). The van der Waals surface area contributed by atoms with Gasteiger partial charge in [0.15, 0.2) is 5.82 Å². The van der Waals surface area contributed by atoms with E-state index in [0.29, 0.717) is 12.2 Å². The minimum absolute atomic E-state index is 0.0627. The molecule has 0 bridgehead atoms. The fourth-order valence-corrected chi connectivity index (χ4v) is 4.44. The van der Waals surface area contributed by atoms with E-state index in [-0.39, 0.29) is 11.0 Å². The normalized spacial score (nSPS) is 11.6. The number of benzene rings is 2. The third-order valence-electron chi connectivity index (χ3n) is 5.02. The van der Waals surface area contributed by atoms with Crippen LogP contribution in [0, 0.1) is 0 Å². The van der Waals surface area contributed by atoms with E-state index in [1.807, 2.05) is 24.3 Å². The number of H-pyrrole nitrogens is 1. The highest BCUT2D eigenvalue weighted by Gasteiger charge is 2.17. The van der Waals surface area contributed by atoms with Crippen LogP contribution in [0.3, 0.4) is 0 Å². The predicted molar refractivity (Wildman–Crippen MR) is 126 cm³/mol. The Morgan fingerprint density at radius 1 is 1.00 bits per heavy atom. The lowest BCUT2D eigenvalue weighted by Crippen LogP contribution is -2.12. The molecule has 0 saturated heterocycles. The minimum atomic E-state index is -0.113. The van der Waals surface area contributed by atoms with Crippen molar-refractivity contribution in [3.05, 3.63) is 92.4 Å². The summed E-state index contributed by atoms with van der Waals surface area (Å²) in [5.74, 6) is 0.714. The maximum Gasteiger partial charge on any atom is 0.247 e. The molecule has 0 amide bonds. The molecule has 2 heterocycles. The molecule has 0 unspecified atom stereocenters. The molecular formula is C24H23BrN4O. The molecule has 2 aromatic carbocycles. The summed E-state index contributed by atoms with van der Waals surface area (Å²) in [5.41, 5.74) is 4.00. The molecule has 0 aliphatic heterocycles. The largest absolute Gasteiger partial charge is 0.338 e. The number of aromatic nitrogens is 3. The van der Waals surface area contributed by atoms with Crippen LogP contribution >= 0.6 is 15.9 Å². The van der Waals surface area contributed by atoms with E-state index < -0.39 is 0 Å². The van der Waals surface area contributed by atoms with Crippen molar-refractivity contribution in [2.45, 2.75) is 32.6 Å². The minimum Gasteiger partial charge on any atom is -0.338 e. The van der Waals surface area contributed by atoms with E-state index in [4.69, 9.17) is 0 Å². The highest BCUT2D eigenvalue weighted by atomic mass is 79.9. The number of aromatic amines is 1. The van der Waals surface area contributed by atoms with Gasteiger partial charge in [0.05, 0.1) is 5.69 Å². The summed E-state index contributed by atoms with van der Waals surface area (Å²) in [6, 6.07) is 17.7. The molecule has 0 spiro atoms. The molecule has 0 fully saturated rings. The van der Waals surface area contributed by atoms with Crippen molar-refractivity contribution in [1.29, 1.82) is 0 Å². The Morgan fingerprint density at radius 3 is 2.43 bits per heavy atom. The summed E-state index contributed by atoms with van der Waals surface area (Å²) < 4.78 is 1.06. The number of nitrogens with one attached hydrogen (secondary N) is 2. The van der Waals surface area contributed by atoms with Gasteiger partial charge in [-0.05, 0) is 28.7 Å². The molecule has 2 aromatic heterocycles. The fraction of sp³-hybridized carbons (Fsp3) is 0.208. The summed E-state index contributed by atoms with van der Waals surface area (Å²) in [6.07, 6.45) is 2.32. The molecule has 2 N–H and O–H groups in total. The molecule has 0 atom stereocenters. The second-order valence-electron chi connectivity index (χ2n) is 8.35. The molecule has 4 rings (SSSR count). The Bertz CT molecular complexity index is 1250. The number of anilines is 2. The fourth-order valence-electron chi connectivity index (χ4n) is 3.47. The maximum atomic E-state index is 11.3. The van der Waals surface area contributed by atoms with Crippen molar-refractivity contribution in [3.8, 4) is 0 Å². The van der Waals surface area contributed by atoms with E-state index in [1.54, 1.807) is 6.20 Å². The van der Waals surface area contributed by atoms with Gasteiger partial charge in [0, 0.05) is 39.6 Å². The van der Waals surface area contributed by atoms with Gasteiger partial charge in [-0.25, -0.2) is 0 Å². The van der Waals surface area contributed by atoms with Gasteiger partial charge in [0.25, 0.3) is 0 Å². The second-order valence-corrected chi connectivity index (χ2v) is 9.20. The smallest absolute Gasteiger partial charge is 0.247 e. The number of nitrogens with zero attached hydrogens (tertiary/aromatic N) is 2. The molecule has 30 heavy (non-hydrogen) atoms. The monoisotopic (exact) mass is 462 g/mol. The molecular weight excluding hydrogens is 440 g/mol. The summed E-state index contributed by atoms with van der Waals surface area (Å²) in [6.45, 7) is 6.58. The molecule has 4 aromatic rings. The van der Waals surface area contributed by atoms with Gasteiger partial charge < -0.3 is 10.3 Å². The van der Waals surface area contributed by atoms with Crippen molar-refractivity contribution in [1.82, 2.24) is 15.2 Å². The first-order valence-electron chi connectivity index (χ1n) is 9.80. The lowest BCUT2D eigenvalue weighted by atomic mass is 9.87. The van der Waals surface area contributed by atoms with Crippen molar-refractivity contribution < 1.29 is 0 Å². The zero-order chi connectivity index (χ0) is 21.3. The summed E-state index contributed by atoms with van der Waals surface area (Å²) in [7, 11) is 0. The first-order valence-corrected chi connectivity index (χ1v) is 10.6. The molecule has 152 valence electrons. The summed E-state index contributed by atoms with van der Waals surface area (Å²) >= 11 is 3.70. The van der Waals surface area contributed by atoms with E-state index in [0.717, 1.165) is 32.2 Å². The van der Waals surface area contributed by atoms with Crippen LogP contribution in [0.1, 0.15) is 37.6 Å². The van der Waals surface area contributed by atoms with Gasteiger partial charge in [-0.1, -0.05) is 73.1 Å². The van der Waals surface area contributed by atoms with Crippen molar-refractivity contribution in [2.75, 3.05) is 5.32 Å². The van der Waals surface area contributed by atoms with E-state index in [2.05, 4.69) is 81.5 Å². The number of halogens is 1. The van der Waals surface area contributed by atoms with Crippen LogP contribution in [0.4, 0.5) is 11.5 Å². The predicted octanol–water partition coefficient (Wildman–Crippen LogP) is 5.71. The van der Waals surface area contributed by atoms with Crippen LogP contribution in [-0.2, 0) is 11.8 Å². The quantitative estimate of drug-likeness (QED) is 0.407. The topological polar surface area (TPSA) is 70.7 Å². The SMILES string of the molecule is CC(C)(C)c1ccc(Nc2nnc(Cc3ccc(=O)[nH]c3)c3ccccc23)cc1Br. The van der Waals surface area contributed by atoms with Gasteiger partial charge in [-0.3, -0.25) is 4.79 Å². The molecule has 0 radical (unpaired) electrons. The van der Waals surface area contributed by atoms with E-state index >= 15 is 0 Å². The van der Waals surface area contributed by atoms with Crippen molar-refractivity contribution in [2.24, 2.45) is 0 Å². The average Bonchev–Trinajstić information content (AvgIpc) is 2.70. The lowest BCUT2D eigenvalue weighted by molar-refractivity contribution is 0.587. The molecule has 0 aliphatic rings. The van der Waals surface area contributed by atoms with Crippen molar-refractivity contribution in [3.63, 3.8) is 0 Å². The number of rotatable bonds is 4. The zero-order valence-electron chi connectivity index (χ0n) is 17.2. The van der Waals surface area contributed by atoms with Gasteiger partial charge in [0.1, 0.15) is 0 Å². The Hall–Kier alpha value is -2.99. The Labute approximate surface area is 183 Å². The number of hydrogen-bond donors (Lipinski definition) is 2. The van der Waals surface area contributed by atoms with Crippen LogP contribution in [0.25, 0.3) is 10.8 Å². The van der Waals surface area contributed by atoms with E-state index in [9.17, 15) is 4.79 Å². The van der Waals surface area contributed by atoms with Gasteiger partial charge in [0.2, 0.25) is 5.56 Å². The second kappa shape index (κ2) is 8.03. The highest BCUT2D eigenvalue weighted by Crippen LogP contribution is 2.33. The number of fused-ring (bicyclic) bond motifs is 1. The van der Waals surface area contributed by atoms with Crippen LogP contribution in [-0.4, -0.2) is 15.2 Å². The molecule has 0 aliphatic carbocycles. The number of hydrogen-bond acceptors (Lipinski definition) is 4. The van der Waals surface area contributed by atoms with Gasteiger partial charge >= 0.3 is 0 Å². The third kappa shape index (κ3) is 4.28. The highest BCUT2D eigenvalue weighted by molar-refractivity contribution is 9.10. The van der Waals surface area contributed by atoms with Crippen LogP contribution < -0.4 is 10.9 Å². The summed E-state index contributed by atoms with van der Waals surface area (Å²) in [4.78, 5) is 14.0. The maximum absolute atomic E-state index is 11.3. The van der Waals surface area contributed by atoms with Crippen LogP contribution in [0.5, 0.6) is 0 Å².